The second kappa shape index (κ2) is 2.60. The molecule has 1 nitrogen and oxygen atoms in total. The average Bonchev–Trinajstić information content (AvgIpc) is 1.98. The van der Waals surface area contributed by atoms with Crippen molar-refractivity contribution in [3.63, 3.8) is 0 Å². The second-order valence-corrected chi connectivity index (χ2v) is 5.25. The Kier molecular flexibility index (Phi) is 2.26. The van der Waals surface area contributed by atoms with Crippen LogP contribution in [0.4, 0.5) is 0 Å². The summed E-state index contributed by atoms with van der Waals surface area (Å²) >= 11 is 10.9. The molecule has 0 N–H and O–H groups in total. The highest BCUT2D eigenvalue weighted by Crippen LogP contribution is 2.34. The normalized spacial score (nSPS) is 29.5. The van der Waals surface area contributed by atoms with E-state index in [4.69, 9.17) is 23.2 Å². The molecule has 1 rings (SSSR count). The molecule has 8 heavy (non-hydrogen) atoms. The maximum Gasteiger partial charge on any atom is 0.131 e. The van der Waals surface area contributed by atoms with Crippen molar-refractivity contribution in [1.29, 1.82) is 0 Å². The van der Waals surface area contributed by atoms with Gasteiger partial charge in [0.15, 0.2) is 0 Å². The van der Waals surface area contributed by atoms with Gasteiger partial charge in [0.2, 0.25) is 0 Å². The third-order valence-corrected chi connectivity index (χ3v) is 4.92. The number of hydrogen-bond donors (Lipinski definition) is 0. The fourth-order valence-electron chi connectivity index (χ4n) is 0.304. The molecule has 0 aromatic carbocycles. The Labute approximate surface area is 63.3 Å². The Morgan fingerprint density at radius 1 is 1.62 bits per heavy atom. The van der Waals surface area contributed by atoms with Crippen LogP contribution in [0.15, 0.2) is 9.40 Å². The highest BCUT2D eigenvalue weighted by atomic mass is 35.5. The van der Waals surface area contributed by atoms with Gasteiger partial charge in [0.05, 0.1) is 5.03 Å². The summed E-state index contributed by atoms with van der Waals surface area (Å²) in [6, 6.07) is 0. The fraction of sp³-hybridized carbons (Fsp3) is 0.333. The van der Waals surface area contributed by atoms with Crippen LogP contribution in [0.1, 0.15) is 0 Å². The first-order chi connectivity index (χ1) is 3.72. The Balaban J connectivity index is 2.86. The van der Waals surface area contributed by atoms with Crippen LogP contribution in [0.2, 0.25) is 0 Å². The zero-order chi connectivity index (χ0) is 6.15. The molecule has 1 aliphatic rings. The van der Waals surface area contributed by atoms with E-state index in [9.17, 15) is 4.21 Å². The minimum absolute atomic E-state index is 0.302. The minimum atomic E-state index is -1.07. The standard InChI is InChI=1S/C3H2Cl2OS2/c4-2-1-7-8(6)3(2)5/h1H2. The molecule has 0 bridgehead atoms. The maximum absolute atomic E-state index is 10.6. The molecule has 1 unspecified atom stereocenters. The van der Waals surface area contributed by atoms with E-state index in [2.05, 4.69) is 0 Å². The van der Waals surface area contributed by atoms with Gasteiger partial charge in [0.25, 0.3) is 0 Å². The molecule has 5 heteroatoms. The molecule has 0 saturated carbocycles. The van der Waals surface area contributed by atoms with Crippen molar-refractivity contribution in [3.05, 3.63) is 9.40 Å². The molecule has 0 spiro atoms. The topological polar surface area (TPSA) is 17.1 Å². The Bertz CT molecular complexity index is 165. The van der Waals surface area contributed by atoms with E-state index in [0.29, 0.717) is 15.1 Å². The first kappa shape index (κ1) is 6.93. The van der Waals surface area contributed by atoms with E-state index in [1.807, 2.05) is 0 Å². The molecule has 1 aliphatic heterocycles. The van der Waals surface area contributed by atoms with Crippen molar-refractivity contribution in [3.8, 4) is 0 Å². The van der Waals surface area contributed by atoms with Crippen LogP contribution in [-0.4, -0.2) is 9.96 Å². The zero-order valence-corrected chi connectivity index (χ0v) is 6.83. The largest absolute Gasteiger partial charge is 0.242 e. The van der Waals surface area contributed by atoms with E-state index in [-0.39, 0.29) is 0 Å². The SMILES string of the molecule is O=S1SCC(Cl)=C1Cl. The summed E-state index contributed by atoms with van der Waals surface area (Å²) in [7, 11) is 0.180. The molecule has 1 atom stereocenters. The van der Waals surface area contributed by atoms with E-state index >= 15 is 0 Å². The Morgan fingerprint density at radius 2 is 2.25 bits per heavy atom. The molecule has 0 aromatic heterocycles. The van der Waals surface area contributed by atoms with Crippen LogP contribution in [0.3, 0.4) is 0 Å². The van der Waals surface area contributed by atoms with Gasteiger partial charge in [-0.15, -0.1) is 0 Å². The average molecular weight is 189 g/mol. The summed E-state index contributed by atoms with van der Waals surface area (Å²) in [5.41, 5.74) is 0. The molecule has 0 amide bonds. The summed E-state index contributed by atoms with van der Waals surface area (Å²) in [6.45, 7) is 0. The van der Waals surface area contributed by atoms with E-state index in [0.717, 1.165) is 0 Å². The van der Waals surface area contributed by atoms with Gasteiger partial charge < -0.3 is 0 Å². The van der Waals surface area contributed by atoms with Crippen molar-refractivity contribution in [2.24, 2.45) is 0 Å². The quantitative estimate of drug-likeness (QED) is 0.542. The predicted octanol–water partition coefficient (Wildman–Crippen LogP) is 2.04. The zero-order valence-electron chi connectivity index (χ0n) is 3.69. The molecular weight excluding hydrogens is 187 g/mol. The summed E-state index contributed by atoms with van der Waals surface area (Å²) in [5.74, 6) is 0.590. The molecule has 0 radical (unpaired) electrons. The van der Waals surface area contributed by atoms with E-state index < -0.39 is 9.83 Å². The third-order valence-electron chi connectivity index (χ3n) is 0.652. The third kappa shape index (κ3) is 1.21. The van der Waals surface area contributed by atoms with Crippen molar-refractivity contribution >= 4 is 43.8 Å². The van der Waals surface area contributed by atoms with Gasteiger partial charge in [0, 0.05) is 5.75 Å². The lowest BCUT2D eigenvalue weighted by atomic mass is 10.7. The number of rotatable bonds is 0. The van der Waals surface area contributed by atoms with E-state index in [1.165, 1.54) is 10.8 Å². The summed E-state index contributed by atoms with van der Waals surface area (Å²) in [6.07, 6.45) is 0. The Morgan fingerprint density at radius 3 is 2.38 bits per heavy atom. The highest BCUT2D eigenvalue weighted by molar-refractivity contribution is 8.71. The van der Waals surface area contributed by atoms with Crippen LogP contribution in [0, 0.1) is 0 Å². The molecule has 0 saturated heterocycles. The molecule has 0 fully saturated rings. The predicted molar refractivity (Wildman–Crippen MR) is 39.3 cm³/mol. The van der Waals surface area contributed by atoms with Gasteiger partial charge in [-0.05, 0) is 10.8 Å². The van der Waals surface area contributed by atoms with Crippen LogP contribution in [0.25, 0.3) is 0 Å². The smallest absolute Gasteiger partial charge is 0.131 e. The summed E-state index contributed by atoms with van der Waals surface area (Å²) < 4.78 is 10.9. The lowest BCUT2D eigenvalue weighted by Gasteiger charge is -1.80. The summed E-state index contributed by atoms with van der Waals surface area (Å²) in [4.78, 5) is 0. The van der Waals surface area contributed by atoms with Crippen LogP contribution < -0.4 is 0 Å². The summed E-state index contributed by atoms with van der Waals surface area (Å²) in [5, 5.41) is 0.523. The van der Waals surface area contributed by atoms with Crippen LogP contribution in [-0.2, 0) is 9.83 Å². The molecular formula is C3H2Cl2OS2. The van der Waals surface area contributed by atoms with Gasteiger partial charge in [0.1, 0.15) is 14.2 Å². The molecule has 0 aromatic rings. The van der Waals surface area contributed by atoms with Crippen molar-refractivity contribution in [1.82, 2.24) is 0 Å². The van der Waals surface area contributed by atoms with Crippen molar-refractivity contribution < 1.29 is 4.21 Å². The highest BCUT2D eigenvalue weighted by Gasteiger charge is 2.18. The number of hydrogen-bond acceptors (Lipinski definition) is 2. The molecule has 0 aliphatic carbocycles. The second-order valence-electron chi connectivity index (χ2n) is 1.18. The van der Waals surface area contributed by atoms with Gasteiger partial charge in [-0.3, -0.25) is 0 Å². The van der Waals surface area contributed by atoms with Crippen molar-refractivity contribution in [2.75, 3.05) is 5.75 Å². The van der Waals surface area contributed by atoms with Gasteiger partial charge in [-0.1, -0.05) is 23.2 Å². The van der Waals surface area contributed by atoms with E-state index in [1.54, 1.807) is 0 Å². The Hall–Kier alpha value is 0.820. The monoisotopic (exact) mass is 188 g/mol. The molecule has 1 heterocycles. The lowest BCUT2D eigenvalue weighted by molar-refractivity contribution is 0.696. The van der Waals surface area contributed by atoms with Crippen molar-refractivity contribution in [2.45, 2.75) is 0 Å². The van der Waals surface area contributed by atoms with Crippen LogP contribution in [0.5, 0.6) is 0 Å². The van der Waals surface area contributed by atoms with Gasteiger partial charge in [-0.25, -0.2) is 4.21 Å². The van der Waals surface area contributed by atoms with Gasteiger partial charge >= 0.3 is 0 Å². The lowest BCUT2D eigenvalue weighted by Crippen LogP contribution is -1.70. The van der Waals surface area contributed by atoms with Crippen LogP contribution >= 0.6 is 34.0 Å². The first-order valence-electron chi connectivity index (χ1n) is 1.81. The first-order valence-corrected chi connectivity index (χ1v) is 5.22. The fourth-order valence-corrected chi connectivity index (χ4v) is 3.65. The van der Waals surface area contributed by atoms with Gasteiger partial charge in [-0.2, -0.15) is 0 Å². The molecule has 46 valence electrons. The minimum Gasteiger partial charge on any atom is -0.242 e. The maximum atomic E-state index is 10.6. The number of halogens is 2.